The van der Waals surface area contributed by atoms with Gasteiger partial charge in [-0.1, -0.05) is 13.8 Å². The Morgan fingerprint density at radius 3 is 2.44 bits per heavy atom. The Balaban J connectivity index is 1.81. The van der Waals surface area contributed by atoms with Crippen molar-refractivity contribution in [2.75, 3.05) is 39.3 Å². The number of hydrogen-bond acceptors (Lipinski definition) is 3. The molecule has 4 nitrogen and oxygen atoms in total. The summed E-state index contributed by atoms with van der Waals surface area (Å²) in [4.78, 5) is 16.6. The zero-order chi connectivity index (χ0) is 13.1. The highest BCUT2D eigenvalue weighted by Crippen LogP contribution is 2.21. The summed E-state index contributed by atoms with van der Waals surface area (Å²) in [6, 6.07) is 0. The fourth-order valence-corrected chi connectivity index (χ4v) is 3.41. The van der Waals surface area contributed by atoms with Gasteiger partial charge in [0.1, 0.15) is 0 Å². The first-order chi connectivity index (χ1) is 8.58. The Labute approximate surface area is 110 Å². The molecule has 3 unspecified atom stereocenters. The summed E-state index contributed by atoms with van der Waals surface area (Å²) in [6.45, 7) is 9.76. The molecule has 0 aromatic rings. The van der Waals surface area contributed by atoms with Crippen LogP contribution in [0.15, 0.2) is 0 Å². The number of piperidine rings is 1. The number of hydrogen-bond donors (Lipinski definition) is 1. The summed E-state index contributed by atoms with van der Waals surface area (Å²) in [5, 5.41) is 0. The van der Waals surface area contributed by atoms with Gasteiger partial charge in [0, 0.05) is 19.6 Å². The van der Waals surface area contributed by atoms with E-state index >= 15 is 0 Å². The van der Waals surface area contributed by atoms with Gasteiger partial charge in [-0.05, 0) is 43.7 Å². The van der Waals surface area contributed by atoms with Gasteiger partial charge < -0.3 is 10.6 Å². The van der Waals surface area contributed by atoms with Crippen molar-refractivity contribution in [3.8, 4) is 0 Å². The quantitative estimate of drug-likeness (QED) is 0.808. The molecule has 2 aliphatic heterocycles. The van der Waals surface area contributed by atoms with Gasteiger partial charge in [0.2, 0.25) is 5.91 Å². The standard InChI is InChI=1S/C14H27N3O/c1-11-5-12(2)8-17(7-11)14(18)10-16-4-3-13(6-15)9-16/h11-13H,3-10,15H2,1-2H3. The first kappa shape index (κ1) is 13.8. The first-order valence-electron chi connectivity index (χ1n) is 7.28. The number of carbonyl (C=O) groups excluding carboxylic acids is 1. The second-order valence-electron chi connectivity index (χ2n) is 6.37. The highest BCUT2D eigenvalue weighted by molar-refractivity contribution is 5.78. The Morgan fingerprint density at radius 2 is 1.89 bits per heavy atom. The zero-order valence-corrected chi connectivity index (χ0v) is 11.8. The van der Waals surface area contributed by atoms with E-state index in [1.807, 2.05) is 0 Å². The van der Waals surface area contributed by atoms with Crippen molar-refractivity contribution in [1.82, 2.24) is 9.80 Å². The van der Waals surface area contributed by atoms with E-state index in [2.05, 4.69) is 23.6 Å². The van der Waals surface area contributed by atoms with Crippen molar-refractivity contribution in [3.63, 3.8) is 0 Å². The molecule has 2 aliphatic rings. The summed E-state index contributed by atoms with van der Waals surface area (Å²) in [5.74, 6) is 2.20. The Morgan fingerprint density at radius 1 is 1.22 bits per heavy atom. The van der Waals surface area contributed by atoms with Crippen molar-refractivity contribution in [1.29, 1.82) is 0 Å². The summed E-state index contributed by atoms with van der Waals surface area (Å²) in [5.41, 5.74) is 5.68. The van der Waals surface area contributed by atoms with E-state index in [4.69, 9.17) is 5.73 Å². The van der Waals surface area contributed by atoms with Crippen LogP contribution >= 0.6 is 0 Å². The molecule has 1 amide bonds. The fourth-order valence-electron chi connectivity index (χ4n) is 3.41. The van der Waals surface area contributed by atoms with Crippen LogP contribution < -0.4 is 5.73 Å². The van der Waals surface area contributed by atoms with Crippen LogP contribution in [0.3, 0.4) is 0 Å². The van der Waals surface area contributed by atoms with Crippen molar-refractivity contribution in [2.24, 2.45) is 23.5 Å². The van der Waals surface area contributed by atoms with Crippen molar-refractivity contribution >= 4 is 5.91 Å². The molecule has 2 N–H and O–H groups in total. The summed E-state index contributed by atoms with van der Waals surface area (Å²) < 4.78 is 0. The van der Waals surface area contributed by atoms with Gasteiger partial charge in [-0.3, -0.25) is 9.69 Å². The van der Waals surface area contributed by atoms with Gasteiger partial charge in [0.05, 0.1) is 6.54 Å². The van der Waals surface area contributed by atoms with E-state index in [1.165, 1.54) is 6.42 Å². The predicted octanol–water partition coefficient (Wildman–Crippen LogP) is 0.772. The topological polar surface area (TPSA) is 49.6 Å². The van der Waals surface area contributed by atoms with E-state index in [0.29, 0.717) is 30.2 Å². The number of nitrogens with two attached hydrogens (primary N) is 1. The second kappa shape index (κ2) is 6.02. The van der Waals surface area contributed by atoms with E-state index in [9.17, 15) is 4.79 Å². The van der Waals surface area contributed by atoms with E-state index < -0.39 is 0 Å². The molecule has 0 bridgehead atoms. The third-order valence-electron chi connectivity index (χ3n) is 4.28. The average molecular weight is 253 g/mol. The van der Waals surface area contributed by atoms with Crippen LogP contribution in [0.5, 0.6) is 0 Å². The molecule has 0 aromatic heterocycles. The number of likely N-dealkylation sites (tertiary alicyclic amines) is 2. The van der Waals surface area contributed by atoms with Gasteiger partial charge in [-0.15, -0.1) is 0 Å². The highest BCUT2D eigenvalue weighted by atomic mass is 16.2. The van der Waals surface area contributed by atoms with Crippen LogP contribution in [0.2, 0.25) is 0 Å². The third-order valence-corrected chi connectivity index (χ3v) is 4.28. The summed E-state index contributed by atoms with van der Waals surface area (Å²) in [7, 11) is 0. The highest BCUT2D eigenvalue weighted by Gasteiger charge is 2.28. The average Bonchev–Trinajstić information content (AvgIpc) is 2.75. The summed E-state index contributed by atoms with van der Waals surface area (Å²) >= 11 is 0. The predicted molar refractivity (Wildman–Crippen MR) is 73.1 cm³/mol. The molecule has 2 rings (SSSR count). The molecule has 2 heterocycles. The van der Waals surface area contributed by atoms with Gasteiger partial charge in [0.15, 0.2) is 0 Å². The van der Waals surface area contributed by atoms with Gasteiger partial charge in [-0.2, -0.15) is 0 Å². The lowest BCUT2D eigenvalue weighted by molar-refractivity contribution is -0.134. The largest absolute Gasteiger partial charge is 0.341 e. The SMILES string of the molecule is CC1CC(C)CN(C(=O)CN2CCC(CN)C2)C1. The van der Waals surface area contributed by atoms with Gasteiger partial charge in [0.25, 0.3) is 0 Å². The molecule has 2 saturated heterocycles. The molecular weight excluding hydrogens is 226 g/mol. The minimum Gasteiger partial charge on any atom is -0.341 e. The van der Waals surface area contributed by atoms with Crippen LogP contribution in [-0.4, -0.2) is 55.0 Å². The monoisotopic (exact) mass is 253 g/mol. The van der Waals surface area contributed by atoms with Gasteiger partial charge in [-0.25, -0.2) is 0 Å². The first-order valence-corrected chi connectivity index (χ1v) is 7.28. The lowest BCUT2D eigenvalue weighted by atomic mass is 9.92. The molecule has 0 aliphatic carbocycles. The Kier molecular flexibility index (Phi) is 4.62. The normalized spacial score (nSPS) is 33.9. The van der Waals surface area contributed by atoms with Crippen LogP contribution in [0.4, 0.5) is 0 Å². The molecule has 0 saturated carbocycles. The van der Waals surface area contributed by atoms with Crippen molar-refractivity contribution in [2.45, 2.75) is 26.7 Å². The molecule has 18 heavy (non-hydrogen) atoms. The fraction of sp³-hybridized carbons (Fsp3) is 0.929. The van der Waals surface area contributed by atoms with Crippen molar-refractivity contribution in [3.05, 3.63) is 0 Å². The molecule has 3 atom stereocenters. The lowest BCUT2D eigenvalue weighted by Crippen LogP contribution is -2.46. The number of amides is 1. The lowest BCUT2D eigenvalue weighted by Gasteiger charge is -2.35. The number of rotatable bonds is 3. The van der Waals surface area contributed by atoms with E-state index in [-0.39, 0.29) is 0 Å². The number of nitrogens with zero attached hydrogens (tertiary/aromatic N) is 2. The molecule has 2 fully saturated rings. The maximum absolute atomic E-state index is 12.3. The maximum Gasteiger partial charge on any atom is 0.236 e. The smallest absolute Gasteiger partial charge is 0.236 e. The minimum atomic E-state index is 0.311. The molecule has 0 spiro atoms. The maximum atomic E-state index is 12.3. The molecular formula is C14H27N3O. The zero-order valence-electron chi connectivity index (χ0n) is 11.8. The minimum absolute atomic E-state index is 0.311. The van der Waals surface area contributed by atoms with Crippen LogP contribution in [-0.2, 0) is 4.79 Å². The molecule has 4 heteroatoms. The van der Waals surface area contributed by atoms with Crippen molar-refractivity contribution < 1.29 is 4.79 Å². The van der Waals surface area contributed by atoms with Crippen LogP contribution in [0.1, 0.15) is 26.7 Å². The Hall–Kier alpha value is -0.610. The molecule has 104 valence electrons. The molecule has 0 aromatic carbocycles. The number of carbonyl (C=O) groups is 1. The third kappa shape index (κ3) is 3.45. The van der Waals surface area contributed by atoms with E-state index in [0.717, 1.165) is 39.1 Å². The second-order valence-corrected chi connectivity index (χ2v) is 6.37. The van der Waals surface area contributed by atoms with Crippen LogP contribution in [0.25, 0.3) is 0 Å². The van der Waals surface area contributed by atoms with Crippen LogP contribution in [0, 0.1) is 17.8 Å². The molecule has 0 radical (unpaired) electrons. The van der Waals surface area contributed by atoms with E-state index in [1.54, 1.807) is 0 Å². The summed E-state index contributed by atoms with van der Waals surface area (Å²) in [6.07, 6.45) is 2.40. The Bertz CT molecular complexity index is 285. The van der Waals surface area contributed by atoms with Gasteiger partial charge >= 0.3 is 0 Å².